The number of esters is 1. The minimum atomic E-state index is -0.553. The molecule has 2 rings (SSSR count). The number of aromatic hydroxyl groups is 2. The van der Waals surface area contributed by atoms with Gasteiger partial charge in [0, 0.05) is 11.5 Å². The number of hydrogen-bond donors (Lipinski definition) is 2. The zero-order valence-corrected chi connectivity index (χ0v) is 18.3. The van der Waals surface area contributed by atoms with Gasteiger partial charge in [0.1, 0.15) is 17.1 Å². The minimum absolute atomic E-state index is 0.0638. The summed E-state index contributed by atoms with van der Waals surface area (Å²) in [6.07, 6.45) is 10.6. The number of unbranched alkanes of at least 4 members (excludes halogenated alkanes) is 2. The molecule has 1 aromatic rings. The molecular weight excluding hydrogens is 364 g/mol. The SMILES string of the molecule is C=CC(C)CC1CCC(C)=CC1c1c(O)cc(CCCCC)c(C(=O)OC)c1O. The minimum Gasteiger partial charge on any atom is -0.507 e. The van der Waals surface area contributed by atoms with Gasteiger partial charge in [-0.3, -0.25) is 0 Å². The zero-order valence-electron chi connectivity index (χ0n) is 18.3. The first-order valence-electron chi connectivity index (χ1n) is 10.8. The predicted molar refractivity (Wildman–Crippen MR) is 118 cm³/mol. The van der Waals surface area contributed by atoms with E-state index < -0.39 is 5.97 Å². The van der Waals surface area contributed by atoms with Crippen LogP contribution < -0.4 is 0 Å². The van der Waals surface area contributed by atoms with E-state index in [4.69, 9.17) is 4.74 Å². The molecule has 0 aliphatic heterocycles. The maximum absolute atomic E-state index is 12.5. The van der Waals surface area contributed by atoms with Crippen LogP contribution >= 0.6 is 0 Å². The lowest BCUT2D eigenvalue weighted by Gasteiger charge is -2.32. The number of ether oxygens (including phenoxy) is 1. The van der Waals surface area contributed by atoms with Gasteiger partial charge >= 0.3 is 5.97 Å². The molecule has 0 saturated carbocycles. The number of allylic oxidation sites excluding steroid dienone is 3. The van der Waals surface area contributed by atoms with Crippen LogP contribution in [0.25, 0.3) is 0 Å². The average Bonchev–Trinajstić information content (AvgIpc) is 2.69. The molecule has 0 fully saturated rings. The summed E-state index contributed by atoms with van der Waals surface area (Å²) in [5.74, 6) is -0.154. The van der Waals surface area contributed by atoms with Gasteiger partial charge in [0.25, 0.3) is 0 Å². The van der Waals surface area contributed by atoms with Gasteiger partial charge in [-0.15, -0.1) is 6.58 Å². The van der Waals surface area contributed by atoms with Crippen LogP contribution in [0, 0.1) is 11.8 Å². The Kier molecular flexibility index (Phi) is 8.36. The molecule has 1 aromatic carbocycles. The highest BCUT2D eigenvalue weighted by Crippen LogP contribution is 2.48. The van der Waals surface area contributed by atoms with E-state index in [2.05, 4.69) is 33.4 Å². The highest BCUT2D eigenvalue weighted by Gasteiger charge is 2.33. The van der Waals surface area contributed by atoms with Crippen LogP contribution in [-0.2, 0) is 11.2 Å². The van der Waals surface area contributed by atoms with Gasteiger partial charge in [0.05, 0.1) is 7.11 Å². The van der Waals surface area contributed by atoms with E-state index in [1.807, 2.05) is 6.08 Å². The highest BCUT2D eigenvalue weighted by molar-refractivity contribution is 5.95. The van der Waals surface area contributed by atoms with E-state index in [-0.39, 0.29) is 28.9 Å². The first-order chi connectivity index (χ1) is 13.8. The summed E-state index contributed by atoms with van der Waals surface area (Å²) in [4.78, 5) is 12.5. The summed E-state index contributed by atoms with van der Waals surface area (Å²) in [5.41, 5.74) is 2.54. The number of hydrogen-bond acceptors (Lipinski definition) is 4. The van der Waals surface area contributed by atoms with Gasteiger partial charge in [0.2, 0.25) is 0 Å². The second kappa shape index (κ2) is 10.5. The summed E-state index contributed by atoms with van der Waals surface area (Å²) >= 11 is 0. The van der Waals surface area contributed by atoms with E-state index in [0.717, 1.165) is 38.5 Å². The molecule has 0 aromatic heterocycles. The highest BCUT2D eigenvalue weighted by atomic mass is 16.5. The Hall–Kier alpha value is -2.23. The molecule has 29 heavy (non-hydrogen) atoms. The summed E-state index contributed by atoms with van der Waals surface area (Å²) in [7, 11) is 1.32. The average molecular weight is 401 g/mol. The molecule has 1 aliphatic carbocycles. The van der Waals surface area contributed by atoms with Crippen molar-refractivity contribution in [2.75, 3.05) is 7.11 Å². The lowest BCUT2D eigenvalue weighted by atomic mass is 9.72. The van der Waals surface area contributed by atoms with Crippen molar-refractivity contribution in [1.29, 1.82) is 0 Å². The lowest BCUT2D eigenvalue weighted by Crippen LogP contribution is -2.19. The number of methoxy groups -OCH3 is 1. The normalized spacial score (nSPS) is 20.1. The Morgan fingerprint density at radius 2 is 2.10 bits per heavy atom. The molecular formula is C25H36O4. The van der Waals surface area contributed by atoms with Crippen molar-refractivity contribution in [2.24, 2.45) is 11.8 Å². The number of rotatable bonds is 9. The Bertz CT molecular complexity index is 763. The number of phenols is 2. The van der Waals surface area contributed by atoms with Crippen molar-refractivity contribution in [1.82, 2.24) is 0 Å². The molecule has 3 atom stereocenters. The summed E-state index contributed by atoms with van der Waals surface area (Å²) in [6, 6.07) is 1.66. The van der Waals surface area contributed by atoms with Crippen molar-refractivity contribution in [2.45, 2.75) is 71.6 Å². The van der Waals surface area contributed by atoms with Crippen molar-refractivity contribution < 1.29 is 19.7 Å². The van der Waals surface area contributed by atoms with Crippen LogP contribution in [0.5, 0.6) is 11.5 Å². The Morgan fingerprint density at radius 3 is 2.72 bits per heavy atom. The van der Waals surface area contributed by atoms with Crippen molar-refractivity contribution in [3.8, 4) is 11.5 Å². The maximum Gasteiger partial charge on any atom is 0.341 e. The summed E-state index contributed by atoms with van der Waals surface area (Å²) in [5, 5.41) is 22.0. The molecule has 4 heteroatoms. The number of carbonyl (C=O) groups is 1. The molecule has 0 spiro atoms. The van der Waals surface area contributed by atoms with Crippen molar-refractivity contribution >= 4 is 5.97 Å². The fourth-order valence-electron chi connectivity index (χ4n) is 4.42. The number of phenolic OH excluding ortho intramolecular Hbond substituents is 2. The molecule has 3 unspecified atom stereocenters. The molecule has 0 saturated heterocycles. The Balaban J connectivity index is 2.56. The Labute approximate surface area is 175 Å². The van der Waals surface area contributed by atoms with E-state index in [1.54, 1.807) is 6.07 Å². The number of aryl methyl sites for hydroxylation is 1. The third-order valence-corrected chi connectivity index (χ3v) is 6.13. The van der Waals surface area contributed by atoms with E-state index in [0.29, 0.717) is 23.5 Å². The molecule has 160 valence electrons. The zero-order chi connectivity index (χ0) is 21.6. The van der Waals surface area contributed by atoms with Gasteiger partial charge in [-0.2, -0.15) is 0 Å². The summed E-state index contributed by atoms with van der Waals surface area (Å²) in [6.45, 7) is 10.2. The largest absolute Gasteiger partial charge is 0.507 e. The molecule has 0 bridgehead atoms. The lowest BCUT2D eigenvalue weighted by molar-refractivity contribution is 0.0595. The van der Waals surface area contributed by atoms with Gasteiger partial charge in [0.15, 0.2) is 0 Å². The fraction of sp³-hybridized carbons (Fsp3) is 0.560. The Morgan fingerprint density at radius 1 is 1.38 bits per heavy atom. The van der Waals surface area contributed by atoms with Gasteiger partial charge < -0.3 is 14.9 Å². The molecule has 4 nitrogen and oxygen atoms in total. The van der Waals surface area contributed by atoms with Crippen molar-refractivity contribution in [3.63, 3.8) is 0 Å². The van der Waals surface area contributed by atoms with Crippen LogP contribution in [0.3, 0.4) is 0 Å². The van der Waals surface area contributed by atoms with E-state index >= 15 is 0 Å². The van der Waals surface area contributed by atoms with Gasteiger partial charge in [-0.05, 0) is 62.5 Å². The first kappa shape index (κ1) is 23.1. The topological polar surface area (TPSA) is 66.8 Å². The summed E-state index contributed by atoms with van der Waals surface area (Å²) < 4.78 is 4.97. The third kappa shape index (κ3) is 5.43. The van der Waals surface area contributed by atoms with Crippen LogP contribution in [0.4, 0.5) is 0 Å². The van der Waals surface area contributed by atoms with Crippen LogP contribution in [-0.4, -0.2) is 23.3 Å². The maximum atomic E-state index is 12.5. The van der Waals surface area contributed by atoms with E-state index in [1.165, 1.54) is 12.7 Å². The molecule has 0 radical (unpaired) electrons. The van der Waals surface area contributed by atoms with Crippen LogP contribution in [0.2, 0.25) is 0 Å². The van der Waals surface area contributed by atoms with E-state index in [9.17, 15) is 15.0 Å². The standard InChI is InChI=1S/C25H36O4/c1-6-8-9-10-19-15-21(26)23(24(27)22(19)25(28)29-5)20-14-17(4)11-12-18(20)13-16(3)7-2/h7,14-16,18,20,26-27H,2,6,8-13H2,1,3-5H3. The second-order valence-electron chi connectivity index (χ2n) is 8.43. The monoisotopic (exact) mass is 400 g/mol. The molecule has 2 N–H and O–H groups in total. The van der Waals surface area contributed by atoms with Gasteiger partial charge in [-0.25, -0.2) is 4.79 Å². The second-order valence-corrected chi connectivity index (χ2v) is 8.43. The number of benzene rings is 1. The molecule has 1 aliphatic rings. The van der Waals surface area contributed by atoms with Gasteiger partial charge in [-0.1, -0.05) is 44.4 Å². The van der Waals surface area contributed by atoms with Crippen molar-refractivity contribution in [3.05, 3.63) is 47.1 Å². The smallest absolute Gasteiger partial charge is 0.341 e. The predicted octanol–water partition coefficient (Wildman–Crippen LogP) is 6.27. The van der Waals surface area contributed by atoms with Crippen LogP contribution in [0.15, 0.2) is 30.4 Å². The third-order valence-electron chi connectivity index (χ3n) is 6.13. The molecule has 0 heterocycles. The fourth-order valence-corrected chi connectivity index (χ4v) is 4.42. The first-order valence-corrected chi connectivity index (χ1v) is 10.8. The molecule has 0 amide bonds. The number of carbonyl (C=O) groups excluding carboxylic acids is 1. The van der Waals surface area contributed by atoms with Crippen LogP contribution in [0.1, 0.15) is 86.7 Å². The quantitative estimate of drug-likeness (QED) is 0.291.